The molecular formula is C13H20ClNOS. The van der Waals surface area contributed by atoms with Crippen LogP contribution in [0.25, 0.3) is 0 Å². The maximum Gasteiger partial charge on any atom is 0.188 e. The fourth-order valence-electron chi connectivity index (χ4n) is 1.81. The number of hydrogen-bond donors (Lipinski definition) is 1. The monoisotopic (exact) mass is 273 g/mol. The minimum Gasteiger partial charge on any atom is -0.304 e. The van der Waals surface area contributed by atoms with E-state index in [1.54, 1.807) is 6.07 Å². The van der Waals surface area contributed by atoms with Gasteiger partial charge in [0.15, 0.2) is 5.78 Å². The third-order valence-corrected chi connectivity index (χ3v) is 4.51. The molecule has 96 valence electrons. The highest BCUT2D eigenvalue weighted by atomic mass is 35.5. The summed E-state index contributed by atoms with van der Waals surface area (Å²) in [6.07, 6.45) is 3.21. The van der Waals surface area contributed by atoms with E-state index in [-0.39, 0.29) is 11.3 Å². The molecule has 1 N–H and O–H groups in total. The molecule has 0 radical (unpaired) electrons. The lowest BCUT2D eigenvalue weighted by Gasteiger charge is -2.29. The van der Waals surface area contributed by atoms with Crippen LogP contribution in [0, 0.1) is 0 Å². The first-order valence-electron chi connectivity index (χ1n) is 6.03. The average Bonchev–Trinajstić information content (AvgIpc) is 2.73. The minimum atomic E-state index is 0.0497. The van der Waals surface area contributed by atoms with Gasteiger partial charge in [0, 0.05) is 5.54 Å². The van der Waals surface area contributed by atoms with Crippen LogP contribution >= 0.6 is 22.9 Å². The lowest BCUT2D eigenvalue weighted by atomic mass is 9.93. The zero-order valence-electron chi connectivity index (χ0n) is 10.7. The zero-order chi connectivity index (χ0) is 12.9. The highest BCUT2D eigenvalue weighted by molar-refractivity contribution is 7.12. The lowest BCUT2D eigenvalue weighted by Crippen LogP contribution is -2.44. The quantitative estimate of drug-likeness (QED) is 0.757. The van der Waals surface area contributed by atoms with Gasteiger partial charge in [-0.3, -0.25) is 4.79 Å². The summed E-state index contributed by atoms with van der Waals surface area (Å²) in [6.45, 7) is 6.84. The van der Waals surface area contributed by atoms with E-state index in [0.29, 0.717) is 16.4 Å². The lowest BCUT2D eigenvalue weighted by molar-refractivity contribution is 0.0980. The summed E-state index contributed by atoms with van der Waals surface area (Å²) in [5.41, 5.74) is 0.0497. The van der Waals surface area contributed by atoms with Gasteiger partial charge in [0.1, 0.15) is 0 Å². The Labute approximate surface area is 112 Å². The number of rotatable bonds is 7. The number of hydrogen-bond acceptors (Lipinski definition) is 3. The maximum absolute atomic E-state index is 12.0. The predicted molar refractivity (Wildman–Crippen MR) is 75.3 cm³/mol. The highest BCUT2D eigenvalue weighted by Crippen LogP contribution is 2.23. The van der Waals surface area contributed by atoms with Crippen molar-refractivity contribution in [2.45, 2.75) is 45.6 Å². The van der Waals surface area contributed by atoms with Crippen LogP contribution in [0.4, 0.5) is 0 Å². The number of nitrogens with one attached hydrogen (secondary N) is 1. The second kappa shape index (κ2) is 6.53. The molecule has 17 heavy (non-hydrogen) atoms. The van der Waals surface area contributed by atoms with Crippen molar-refractivity contribution < 1.29 is 4.79 Å². The van der Waals surface area contributed by atoms with Crippen LogP contribution in [0.5, 0.6) is 0 Å². The van der Waals surface area contributed by atoms with Crippen molar-refractivity contribution in [3.63, 3.8) is 0 Å². The van der Waals surface area contributed by atoms with Crippen molar-refractivity contribution >= 4 is 28.7 Å². The molecule has 1 aromatic rings. The van der Waals surface area contributed by atoms with Gasteiger partial charge in [0.2, 0.25) is 0 Å². The topological polar surface area (TPSA) is 29.1 Å². The van der Waals surface area contributed by atoms with Gasteiger partial charge in [0.25, 0.3) is 0 Å². The first-order valence-corrected chi connectivity index (χ1v) is 7.29. The maximum atomic E-state index is 12.0. The molecule has 0 saturated carbocycles. The van der Waals surface area contributed by atoms with Crippen LogP contribution < -0.4 is 5.32 Å². The van der Waals surface area contributed by atoms with Crippen molar-refractivity contribution in [3.8, 4) is 0 Å². The molecule has 0 amide bonds. The summed E-state index contributed by atoms with van der Waals surface area (Å²) < 4.78 is 0. The molecule has 0 aromatic carbocycles. The van der Waals surface area contributed by atoms with Crippen LogP contribution in [-0.2, 0) is 0 Å². The van der Waals surface area contributed by atoms with Crippen LogP contribution in [0.3, 0.4) is 0 Å². The van der Waals surface area contributed by atoms with E-state index in [0.717, 1.165) is 19.3 Å². The standard InChI is InChI=1S/C13H20ClNOS/c1-4-7-13(3,5-2)15-9-11(16)12-10(14)6-8-17-12/h6,8,15H,4-5,7,9H2,1-3H3. The van der Waals surface area contributed by atoms with E-state index in [2.05, 4.69) is 26.1 Å². The Morgan fingerprint density at radius 1 is 1.53 bits per heavy atom. The fourth-order valence-corrected chi connectivity index (χ4v) is 2.91. The first kappa shape index (κ1) is 14.7. The third-order valence-electron chi connectivity index (χ3n) is 3.13. The van der Waals surface area contributed by atoms with Gasteiger partial charge in [-0.1, -0.05) is 31.9 Å². The Morgan fingerprint density at radius 3 is 2.71 bits per heavy atom. The average molecular weight is 274 g/mol. The molecule has 4 heteroatoms. The van der Waals surface area contributed by atoms with Crippen molar-refractivity contribution in [1.29, 1.82) is 0 Å². The summed E-state index contributed by atoms with van der Waals surface area (Å²) in [6, 6.07) is 1.77. The molecule has 0 bridgehead atoms. The molecule has 0 spiro atoms. The van der Waals surface area contributed by atoms with Crippen LogP contribution in [0.15, 0.2) is 11.4 Å². The molecule has 0 saturated heterocycles. The molecule has 0 aliphatic rings. The molecule has 2 nitrogen and oxygen atoms in total. The molecule has 0 aliphatic heterocycles. The van der Waals surface area contributed by atoms with Crippen LogP contribution in [0.1, 0.15) is 49.7 Å². The second-order valence-electron chi connectivity index (χ2n) is 4.54. The van der Waals surface area contributed by atoms with E-state index < -0.39 is 0 Å². The Bertz CT molecular complexity index is 377. The zero-order valence-corrected chi connectivity index (χ0v) is 12.3. The van der Waals surface area contributed by atoms with Crippen molar-refractivity contribution in [2.75, 3.05) is 6.54 Å². The van der Waals surface area contributed by atoms with E-state index >= 15 is 0 Å². The SMILES string of the molecule is CCCC(C)(CC)NCC(=O)c1sccc1Cl. The van der Waals surface area contributed by atoms with Gasteiger partial charge in [-0.2, -0.15) is 0 Å². The van der Waals surface area contributed by atoms with Gasteiger partial charge in [0.05, 0.1) is 16.4 Å². The second-order valence-corrected chi connectivity index (χ2v) is 5.86. The van der Waals surface area contributed by atoms with Gasteiger partial charge in [-0.25, -0.2) is 0 Å². The molecule has 1 aromatic heterocycles. The van der Waals surface area contributed by atoms with Gasteiger partial charge in [-0.05, 0) is 31.2 Å². The highest BCUT2D eigenvalue weighted by Gasteiger charge is 2.22. The molecule has 0 aliphatic carbocycles. The summed E-state index contributed by atoms with van der Waals surface area (Å²) >= 11 is 7.35. The number of Topliss-reactive ketones (excluding diaryl/α,β-unsaturated/α-hetero) is 1. The van der Waals surface area contributed by atoms with Crippen molar-refractivity contribution in [3.05, 3.63) is 21.3 Å². The number of carbonyl (C=O) groups is 1. The van der Waals surface area contributed by atoms with Crippen LogP contribution in [0.2, 0.25) is 5.02 Å². The Hall–Kier alpha value is -0.380. The van der Waals surface area contributed by atoms with Gasteiger partial charge >= 0.3 is 0 Å². The smallest absolute Gasteiger partial charge is 0.188 e. The predicted octanol–water partition coefficient (Wildman–Crippen LogP) is 4.14. The molecule has 1 atom stereocenters. The fraction of sp³-hybridized carbons (Fsp3) is 0.615. The summed E-state index contributed by atoms with van der Waals surface area (Å²) in [7, 11) is 0. The summed E-state index contributed by atoms with van der Waals surface area (Å²) in [4.78, 5) is 12.6. The number of carbonyl (C=O) groups excluding carboxylic acids is 1. The Morgan fingerprint density at radius 2 is 2.24 bits per heavy atom. The number of ketones is 1. The van der Waals surface area contributed by atoms with Crippen LogP contribution in [-0.4, -0.2) is 17.9 Å². The summed E-state index contributed by atoms with van der Waals surface area (Å²) in [5.74, 6) is 0.0841. The summed E-state index contributed by atoms with van der Waals surface area (Å²) in [5, 5.41) is 5.77. The minimum absolute atomic E-state index is 0.0497. The molecule has 1 rings (SSSR count). The van der Waals surface area contributed by atoms with E-state index in [1.807, 2.05) is 5.38 Å². The van der Waals surface area contributed by atoms with Gasteiger partial charge < -0.3 is 5.32 Å². The Kier molecular flexibility index (Phi) is 5.63. The van der Waals surface area contributed by atoms with Crippen molar-refractivity contribution in [1.82, 2.24) is 5.32 Å². The normalized spacial score (nSPS) is 14.6. The van der Waals surface area contributed by atoms with E-state index in [4.69, 9.17) is 11.6 Å². The first-order chi connectivity index (χ1) is 8.02. The number of thiophene rings is 1. The molecule has 1 heterocycles. The molecule has 0 fully saturated rings. The van der Waals surface area contributed by atoms with E-state index in [1.165, 1.54) is 11.3 Å². The molecular weight excluding hydrogens is 254 g/mol. The Balaban J connectivity index is 2.56. The van der Waals surface area contributed by atoms with Crippen molar-refractivity contribution in [2.24, 2.45) is 0 Å². The van der Waals surface area contributed by atoms with E-state index in [9.17, 15) is 4.79 Å². The number of halogens is 1. The molecule has 1 unspecified atom stereocenters. The van der Waals surface area contributed by atoms with Gasteiger partial charge in [-0.15, -0.1) is 11.3 Å². The third kappa shape index (κ3) is 4.09. The largest absolute Gasteiger partial charge is 0.304 e.